The number of pyridine rings is 1. The molecule has 1 atom stereocenters. The van der Waals surface area contributed by atoms with Crippen molar-refractivity contribution in [2.75, 3.05) is 13.1 Å². The second-order valence-corrected chi connectivity index (χ2v) is 7.95. The Morgan fingerprint density at radius 2 is 2.07 bits per heavy atom. The number of rotatable bonds is 5. The number of piperidine rings is 1. The number of likely N-dealkylation sites (tertiary alicyclic amines) is 1. The first-order valence-electron chi connectivity index (χ1n) is 10.2. The minimum Gasteiger partial charge on any atom is -0.342 e. The number of hydrogen-bond donors (Lipinski definition) is 0. The minimum absolute atomic E-state index is 0.199. The summed E-state index contributed by atoms with van der Waals surface area (Å²) < 4.78 is 3.70. The van der Waals surface area contributed by atoms with Crippen molar-refractivity contribution in [1.29, 1.82) is 0 Å². The maximum Gasteiger partial charge on any atom is 0.224 e. The lowest BCUT2D eigenvalue weighted by Gasteiger charge is -2.33. The smallest absolute Gasteiger partial charge is 0.224 e. The van der Waals surface area contributed by atoms with Crippen LogP contribution in [-0.2, 0) is 18.4 Å². The van der Waals surface area contributed by atoms with E-state index in [0.717, 1.165) is 54.1 Å². The van der Waals surface area contributed by atoms with Crippen LogP contribution in [0.15, 0.2) is 36.8 Å². The molecule has 7 nitrogen and oxygen atoms in total. The van der Waals surface area contributed by atoms with Crippen LogP contribution in [0, 0.1) is 13.8 Å². The fourth-order valence-corrected chi connectivity index (χ4v) is 4.08. The van der Waals surface area contributed by atoms with E-state index in [9.17, 15) is 4.79 Å². The molecule has 1 saturated heterocycles. The van der Waals surface area contributed by atoms with E-state index < -0.39 is 0 Å². The zero-order valence-electron chi connectivity index (χ0n) is 17.4. The third-order valence-electron chi connectivity index (χ3n) is 5.67. The number of amides is 1. The van der Waals surface area contributed by atoms with E-state index in [-0.39, 0.29) is 11.8 Å². The molecule has 152 valence electrons. The van der Waals surface area contributed by atoms with Crippen LogP contribution in [0.5, 0.6) is 0 Å². The molecule has 1 aliphatic heterocycles. The Balaban J connectivity index is 1.46. The lowest BCUT2D eigenvalue weighted by atomic mass is 9.92. The van der Waals surface area contributed by atoms with Crippen LogP contribution < -0.4 is 0 Å². The van der Waals surface area contributed by atoms with Crippen molar-refractivity contribution in [1.82, 2.24) is 29.4 Å². The third-order valence-corrected chi connectivity index (χ3v) is 5.67. The predicted octanol–water partition coefficient (Wildman–Crippen LogP) is 3.09. The third kappa shape index (κ3) is 4.39. The minimum atomic E-state index is 0.199. The van der Waals surface area contributed by atoms with Crippen LogP contribution in [-0.4, -0.2) is 48.4 Å². The summed E-state index contributed by atoms with van der Waals surface area (Å²) in [6.07, 6.45) is 8.23. The van der Waals surface area contributed by atoms with Crippen molar-refractivity contribution in [2.24, 2.45) is 7.05 Å². The number of carbonyl (C=O) groups excluding carboxylic acids is 1. The summed E-state index contributed by atoms with van der Waals surface area (Å²) in [6, 6.07) is 6.22. The molecule has 29 heavy (non-hydrogen) atoms. The van der Waals surface area contributed by atoms with Crippen LogP contribution in [0.1, 0.15) is 42.3 Å². The monoisotopic (exact) mass is 392 g/mol. The van der Waals surface area contributed by atoms with Crippen LogP contribution in [0.25, 0.3) is 11.1 Å². The van der Waals surface area contributed by atoms with E-state index >= 15 is 0 Å². The van der Waals surface area contributed by atoms with Gasteiger partial charge in [0.1, 0.15) is 0 Å². The van der Waals surface area contributed by atoms with Gasteiger partial charge in [0.2, 0.25) is 5.91 Å². The normalized spacial score (nSPS) is 16.9. The predicted molar refractivity (Wildman–Crippen MR) is 111 cm³/mol. The van der Waals surface area contributed by atoms with Crippen LogP contribution >= 0.6 is 0 Å². The summed E-state index contributed by atoms with van der Waals surface area (Å²) in [5.74, 6) is 0.471. The van der Waals surface area contributed by atoms with E-state index in [2.05, 4.69) is 22.3 Å². The van der Waals surface area contributed by atoms with Gasteiger partial charge >= 0.3 is 0 Å². The van der Waals surface area contributed by atoms with Crippen molar-refractivity contribution in [3.63, 3.8) is 0 Å². The molecule has 0 radical (unpaired) electrons. The molecular weight excluding hydrogens is 364 g/mol. The molecule has 0 spiro atoms. The van der Waals surface area contributed by atoms with Crippen molar-refractivity contribution in [2.45, 2.75) is 45.6 Å². The summed E-state index contributed by atoms with van der Waals surface area (Å²) in [5.41, 5.74) is 5.39. The van der Waals surface area contributed by atoms with E-state index in [4.69, 9.17) is 4.98 Å². The molecule has 3 aromatic heterocycles. The topological polar surface area (TPSA) is 68.8 Å². The van der Waals surface area contributed by atoms with Gasteiger partial charge in [-0.25, -0.2) is 0 Å². The molecule has 4 heterocycles. The highest BCUT2D eigenvalue weighted by molar-refractivity contribution is 5.76. The lowest BCUT2D eigenvalue weighted by Crippen LogP contribution is -2.39. The van der Waals surface area contributed by atoms with Gasteiger partial charge in [0, 0.05) is 74.1 Å². The van der Waals surface area contributed by atoms with E-state index in [1.807, 2.05) is 53.6 Å². The van der Waals surface area contributed by atoms with Crippen molar-refractivity contribution < 1.29 is 4.79 Å². The first-order chi connectivity index (χ1) is 14.0. The highest BCUT2D eigenvalue weighted by atomic mass is 16.2. The maximum absolute atomic E-state index is 12.8. The van der Waals surface area contributed by atoms with Gasteiger partial charge in [-0.2, -0.15) is 10.2 Å². The van der Waals surface area contributed by atoms with Gasteiger partial charge in [0.05, 0.1) is 6.20 Å². The lowest BCUT2D eigenvalue weighted by molar-refractivity contribution is -0.132. The van der Waals surface area contributed by atoms with E-state index in [0.29, 0.717) is 13.0 Å². The Bertz CT molecular complexity index is 1000. The molecule has 1 amide bonds. The van der Waals surface area contributed by atoms with Gasteiger partial charge in [-0.3, -0.25) is 19.1 Å². The molecule has 0 unspecified atom stereocenters. The Kier molecular flexibility index (Phi) is 5.47. The van der Waals surface area contributed by atoms with Crippen LogP contribution in [0.4, 0.5) is 0 Å². The average molecular weight is 393 g/mol. The largest absolute Gasteiger partial charge is 0.342 e. The molecule has 0 aliphatic carbocycles. The zero-order chi connectivity index (χ0) is 20.4. The first kappa shape index (κ1) is 19.4. The summed E-state index contributed by atoms with van der Waals surface area (Å²) >= 11 is 0. The van der Waals surface area contributed by atoms with E-state index in [1.165, 1.54) is 0 Å². The summed E-state index contributed by atoms with van der Waals surface area (Å²) in [5, 5.41) is 8.56. The molecule has 0 bridgehead atoms. The maximum atomic E-state index is 12.8. The summed E-state index contributed by atoms with van der Waals surface area (Å²) in [6.45, 7) is 6.24. The Hall–Kier alpha value is -2.96. The second-order valence-electron chi connectivity index (χ2n) is 7.95. The molecular formula is C22H28N6O. The van der Waals surface area contributed by atoms with Gasteiger partial charge in [0.25, 0.3) is 0 Å². The fourth-order valence-electron chi connectivity index (χ4n) is 4.08. The van der Waals surface area contributed by atoms with Gasteiger partial charge in [-0.1, -0.05) is 0 Å². The Morgan fingerprint density at radius 1 is 1.21 bits per heavy atom. The molecule has 3 aromatic rings. The molecule has 0 aromatic carbocycles. The number of hydrogen-bond acceptors (Lipinski definition) is 4. The molecule has 1 fully saturated rings. The Labute approximate surface area is 171 Å². The van der Waals surface area contributed by atoms with Crippen molar-refractivity contribution in [3.8, 4) is 11.1 Å². The van der Waals surface area contributed by atoms with E-state index in [1.54, 1.807) is 6.20 Å². The molecule has 7 heteroatoms. The van der Waals surface area contributed by atoms with Crippen LogP contribution in [0.2, 0.25) is 0 Å². The molecule has 0 saturated carbocycles. The summed E-state index contributed by atoms with van der Waals surface area (Å²) in [7, 11) is 1.92. The number of aryl methyl sites for hydroxylation is 4. The standard InChI is InChI=1S/C22H28N6O/c1-16-11-19(20-13-24-26(3)14-20)12-21(25-16)18-5-4-9-27(15-18)22(29)7-10-28-17(2)6-8-23-28/h6,8,11-14,18H,4-5,7,9-10,15H2,1-3H3/t18-/m0/s1. The molecule has 1 aliphatic rings. The fraction of sp³-hybridized carbons (Fsp3) is 0.455. The quantitative estimate of drug-likeness (QED) is 0.669. The average Bonchev–Trinajstić information content (AvgIpc) is 3.34. The second kappa shape index (κ2) is 8.19. The van der Waals surface area contributed by atoms with Gasteiger partial charge in [-0.15, -0.1) is 0 Å². The summed E-state index contributed by atoms with van der Waals surface area (Å²) in [4.78, 5) is 19.6. The van der Waals surface area contributed by atoms with Gasteiger partial charge in [-0.05, 0) is 50.5 Å². The SMILES string of the molecule is Cc1cc(-c2cnn(C)c2)cc([C@H]2CCCN(C(=O)CCn3nccc3C)C2)n1. The molecule has 4 rings (SSSR count). The highest BCUT2D eigenvalue weighted by Crippen LogP contribution is 2.29. The number of carbonyl (C=O) groups is 1. The highest BCUT2D eigenvalue weighted by Gasteiger charge is 2.26. The van der Waals surface area contributed by atoms with Crippen molar-refractivity contribution >= 4 is 5.91 Å². The molecule has 0 N–H and O–H groups in total. The van der Waals surface area contributed by atoms with Gasteiger partial charge in [0.15, 0.2) is 0 Å². The van der Waals surface area contributed by atoms with Crippen molar-refractivity contribution in [3.05, 3.63) is 53.9 Å². The zero-order valence-corrected chi connectivity index (χ0v) is 17.4. The number of nitrogens with zero attached hydrogens (tertiary/aromatic N) is 6. The first-order valence-corrected chi connectivity index (χ1v) is 10.2. The van der Waals surface area contributed by atoms with Crippen LogP contribution in [0.3, 0.4) is 0 Å². The van der Waals surface area contributed by atoms with Gasteiger partial charge < -0.3 is 4.90 Å². The number of aromatic nitrogens is 5. The Morgan fingerprint density at radius 3 is 2.79 bits per heavy atom.